The van der Waals surface area contributed by atoms with Crippen molar-refractivity contribution in [1.29, 1.82) is 5.26 Å². The third-order valence-corrected chi connectivity index (χ3v) is 6.84. The van der Waals surface area contributed by atoms with Crippen molar-refractivity contribution >= 4 is 40.8 Å². The molecule has 0 fully saturated rings. The lowest BCUT2D eigenvalue weighted by Gasteiger charge is -2.26. The van der Waals surface area contributed by atoms with Crippen molar-refractivity contribution in [3.63, 3.8) is 0 Å². The van der Waals surface area contributed by atoms with Gasteiger partial charge in [-0.1, -0.05) is 18.5 Å². The topological polar surface area (TPSA) is 155 Å². The Kier molecular flexibility index (Phi) is 9.06. The number of nitrogens with zero attached hydrogens (tertiary/aromatic N) is 5. The zero-order valence-electron chi connectivity index (χ0n) is 24.4. The molecule has 0 saturated heterocycles. The van der Waals surface area contributed by atoms with E-state index in [4.69, 9.17) is 25.8 Å². The number of pyridine rings is 1. The molecule has 1 amide bonds. The number of rotatable bonds is 9. The predicted molar refractivity (Wildman–Crippen MR) is 160 cm³/mol. The molecule has 12 nitrogen and oxygen atoms in total. The maximum absolute atomic E-state index is 13.1. The average Bonchev–Trinajstić information content (AvgIpc) is 3.26. The molecule has 0 saturated carbocycles. The van der Waals surface area contributed by atoms with Gasteiger partial charge in [0.1, 0.15) is 23.2 Å². The first kappa shape index (κ1) is 30.8. The predicted octanol–water partition coefficient (Wildman–Crippen LogP) is 4.88. The summed E-state index contributed by atoms with van der Waals surface area (Å²) in [4.78, 5) is 27.9. The van der Waals surface area contributed by atoms with Gasteiger partial charge in [-0.3, -0.25) is 4.90 Å². The summed E-state index contributed by atoms with van der Waals surface area (Å²) in [5.41, 5.74) is 1.35. The molecule has 1 atom stereocenters. The summed E-state index contributed by atoms with van der Waals surface area (Å²) >= 11 is 6.44. The van der Waals surface area contributed by atoms with E-state index in [1.807, 2.05) is 13.0 Å². The number of nitrogens with one attached hydrogen (secondary N) is 2. The number of hydrogen-bond acceptors (Lipinski definition) is 11. The van der Waals surface area contributed by atoms with Crippen LogP contribution >= 0.6 is 11.6 Å². The number of aromatic nitrogens is 3. The van der Waals surface area contributed by atoms with Gasteiger partial charge in [-0.2, -0.15) is 10.2 Å². The van der Waals surface area contributed by atoms with Crippen molar-refractivity contribution < 1.29 is 24.1 Å². The van der Waals surface area contributed by atoms with Crippen LogP contribution in [0.5, 0.6) is 5.88 Å². The van der Waals surface area contributed by atoms with Crippen molar-refractivity contribution in [3.05, 3.63) is 46.6 Å². The van der Waals surface area contributed by atoms with Gasteiger partial charge < -0.3 is 30.0 Å². The molecule has 0 bridgehead atoms. The third-order valence-electron chi connectivity index (χ3n) is 6.55. The van der Waals surface area contributed by atoms with Gasteiger partial charge in [0.05, 0.1) is 42.3 Å². The van der Waals surface area contributed by atoms with E-state index >= 15 is 0 Å². The minimum Gasteiger partial charge on any atom is -0.479 e. The van der Waals surface area contributed by atoms with Crippen molar-refractivity contribution in [2.45, 2.75) is 38.7 Å². The number of hydrogen-bond donors (Lipinski definition) is 3. The maximum Gasteiger partial charge on any atom is 0.414 e. The Bertz CT molecular complexity index is 1520. The van der Waals surface area contributed by atoms with Gasteiger partial charge in [0.2, 0.25) is 11.8 Å². The van der Waals surface area contributed by atoms with E-state index in [0.29, 0.717) is 52.2 Å². The number of ether oxygens (including phenoxy) is 3. The molecular formula is C29H34ClN7O5. The molecule has 222 valence electrons. The highest BCUT2D eigenvalue weighted by Crippen LogP contribution is 2.45. The van der Waals surface area contributed by atoms with Crippen LogP contribution in [0, 0.1) is 11.3 Å². The van der Waals surface area contributed by atoms with E-state index in [2.05, 4.69) is 31.7 Å². The summed E-state index contributed by atoms with van der Waals surface area (Å²) in [6.07, 6.45) is 0.990. The van der Waals surface area contributed by atoms with Crippen LogP contribution in [0.1, 0.15) is 38.8 Å². The smallest absolute Gasteiger partial charge is 0.414 e. The van der Waals surface area contributed by atoms with E-state index in [9.17, 15) is 15.2 Å². The lowest BCUT2D eigenvalue weighted by Crippen LogP contribution is -2.40. The molecule has 42 heavy (non-hydrogen) atoms. The second-order valence-corrected chi connectivity index (χ2v) is 11.4. The monoisotopic (exact) mass is 595 g/mol. The molecule has 0 unspecified atom stereocenters. The van der Waals surface area contributed by atoms with Crippen molar-refractivity contribution in [3.8, 4) is 23.2 Å². The van der Waals surface area contributed by atoms with Crippen LogP contribution in [0.15, 0.2) is 30.5 Å². The van der Waals surface area contributed by atoms with Crippen LogP contribution in [0.25, 0.3) is 11.3 Å². The van der Waals surface area contributed by atoms with E-state index in [-0.39, 0.29) is 30.5 Å². The van der Waals surface area contributed by atoms with Crippen LogP contribution < -0.4 is 20.3 Å². The van der Waals surface area contributed by atoms with E-state index in [0.717, 1.165) is 0 Å². The number of carbonyl (C=O) groups is 1. The number of benzene rings is 1. The summed E-state index contributed by atoms with van der Waals surface area (Å²) in [6.45, 7) is 8.07. The third kappa shape index (κ3) is 6.49. The molecule has 0 aliphatic carbocycles. The second-order valence-electron chi connectivity index (χ2n) is 11.0. The fraction of sp³-hybridized carbons (Fsp3) is 0.414. The van der Waals surface area contributed by atoms with Crippen molar-refractivity contribution in [2.75, 3.05) is 56.1 Å². The average molecular weight is 596 g/mol. The molecule has 2 aromatic heterocycles. The first-order valence-electron chi connectivity index (χ1n) is 13.2. The normalized spacial score (nSPS) is 16.0. The molecule has 3 aromatic rings. The quantitative estimate of drug-likeness (QED) is 0.290. The number of halogens is 1. The van der Waals surface area contributed by atoms with Crippen LogP contribution in [0.4, 0.5) is 27.9 Å². The maximum atomic E-state index is 13.1. The Hall–Kier alpha value is -4.18. The highest BCUT2D eigenvalue weighted by atomic mass is 35.5. The fourth-order valence-electron chi connectivity index (χ4n) is 4.55. The highest BCUT2D eigenvalue weighted by Gasteiger charge is 2.44. The second kappa shape index (κ2) is 12.4. The van der Waals surface area contributed by atoms with E-state index in [1.165, 1.54) is 12.0 Å². The summed E-state index contributed by atoms with van der Waals surface area (Å²) in [5.74, 6) is 0.960. The number of fused-ring (bicyclic) bond motifs is 1. The molecule has 3 heterocycles. The van der Waals surface area contributed by atoms with Crippen LogP contribution in [0.2, 0.25) is 5.02 Å². The van der Waals surface area contributed by atoms with E-state index in [1.54, 1.807) is 52.3 Å². The van der Waals surface area contributed by atoms with Crippen molar-refractivity contribution in [2.24, 2.45) is 0 Å². The molecule has 0 spiro atoms. The van der Waals surface area contributed by atoms with Gasteiger partial charge in [-0.15, -0.1) is 0 Å². The summed E-state index contributed by atoms with van der Waals surface area (Å²) < 4.78 is 16.1. The van der Waals surface area contributed by atoms with Crippen LogP contribution in [-0.2, 0) is 14.9 Å². The first-order chi connectivity index (χ1) is 19.9. The molecule has 4 rings (SSSR count). The van der Waals surface area contributed by atoms with Crippen LogP contribution in [-0.4, -0.2) is 72.3 Å². The number of aliphatic hydroxyl groups is 1. The molecule has 0 radical (unpaired) electrons. The molecular weight excluding hydrogens is 562 g/mol. The minimum atomic E-state index is -0.823. The summed E-state index contributed by atoms with van der Waals surface area (Å²) in [5, 5.41) is 27.0. The molecule has 1 aromatic carbocycles. The van der Waals surface area contributed by atoms with E-state index < -0.39 is 17.1 Å². The van der Waals surface area contributed by atoms with Crippen molar-refractivity contribution in [1.82, 2.24) is 15.0 Å². The largest absolute Gasteiger partial charge is 0.479 e. The Balaban J connectivity index is 1.70. The van der Waals surface area contributed by atoms with Gasteiger partial charge in [0.15, 0.2) is 0 Å². The van der Waals surface area contributed by atoms with Gasteiger partial charge in [0.25, 0.3) is 0 Å². The summed E-state index contributed by atoms with van der Waals surface area (Å²) in [7, 11) is 3.09. The fourth-order valence-corrected chi connectivity index (χ4v) is 4.77. The first-order valence-corrected chi connectivity index (χ1v) is 13.6. The Labute approximate surface area is 249 Å². The number of aliphatic hydroxyl groups excluding tert-OH is 1. The lowest BCUT2D eigenvalue weighted by molar-refractivity contribution is 0.0575. The van der Waals surface area contributed by atoms with Gasteiger partial charge >= 0.3 is 6.09 Å². The zero-order valence-corrected chi connectivity index (χ0v) is 25.2. The minimum absolute atomic E-state index is 0.159. The standard InChI is InChI=1S/C29H34ClN7O5/c1-28(2,3)42-27(39)37-15-29(4,16-38)19-12-17(11-18(14-31)23(19)37)21-7-8-33-26(34-21)35-22-13-20(30)24(32-9-10-40-5)36-25(22)41-6/h7-8,11-13,38H,9-10,15-16H2,1-6H3,(H,32,36)(H,33,34,35)/t29-/m1/s1. The lowest BCUT2D eigenvalue weighted by atomic mass is 9.83. The Morgan fingerprint density at radius 2 is 2.02 bits per heavy atom. The van der Waals surface area contributed by atoms with Gasteiger partial charge in [0, 0.05) is 37.4 Å². The highest BCUT2D eigenvalue weighted by molar-refractivity contribution is 6.33. The summed E-state index contributed by atoms with van der Waals surface area (Å²) in [6, 6.07) is 9.05. The van der Waals surface area contributed by atoms with Crippen LogP contribution in [0.3, 0.4) is 0 Å². The number of methoxy groups -OCH3 is 2. The number of amides is 1. The SMILES string of the molecule is COCCNc1nc(OC)c(Nc2nccc(-c3cc(C#N)c4c(c3)[C@@](C)(CO)CN4C(=O)OC(C)(C)C)n2)cc1Cl. The Morgan fingerprint density at radius 1 is 1.26 bits per heavy atom. The Morgan fingerprint density at radius 3 is 2.67 bits per heavy atom. The number of nitriles is 1. The molecule has 1 aliphatic rings. The molecule has 13 heteroatoms. The number of carbonyl (C=O) groups excluding carboxylic acids is 1. The molecule has 1 aliphatic heterocycles. The van der Waals surface area contributed by atoms with Gasteiger partial charge in [-0.05, 0) is 50.6 Å². The zero-order chi connectivity index (χ0) is 30.7. The molecule has 3 N–H and O–H groups in total. The van der Waals surface area contributed by atoms with Gasteiger partial charge in [-0.25, -0.2) is 14.8 Å². The number of anilines is 4.